The van der Waals surface area contributed by atoms with Crippen molar-refractivity contribution >= 4 is 40.1 Å². The molecule has 7 heteroatoms. The third-order valence-electron chi connectivity index (χ3n) is 4.62. The number of nitrogens with zero attached hydrogens (tertiary/aromatic N) is 3. The normalized spacial score (nSPS) is 11.2. The first kappa shape index (κ1) is 19.6. The predicted molar refractivity (Wildman–Crippen MR) is 118 cm³/mol. The van der Waals surface area contributed by atoms with Crippen molar-refractivity contribution in [2.75, 3.05) is 0 Å². The average molecular weight is 415 g/mol. The van der Waals surface area contributed by atoms with E-state index in [0.29, 0.717) is 21.2 Å². The molecule has 148 valence electrons. The van der Waals surface area contributed by atoms with Crippen molar-refractivity contribution in [3.05, 3.63) is 100 Å². The van der Waals surface area contributed by atoms with Gasteiger partial charge in [-0.2, -0.15) is 0 Å². The molecule has 30 heavy (non-hydrogen) atoms. The van der Waals surface area contributed by atoms with Gasteiger partial charge in [-0.15, -0.1) is 0 Å². The molecule has 0 atom stereocenters. The summed E-state index contributed by atoms with van der Waals surface area (Å²) >= 11 is 1.23. The second-order valence-corrected chi connectivity index (χ2v) is 7.68. The summed E-state index contributed by atoms with van der Waals surface area (Å²) in [5.74, 6) is -0.158. The Kier molecular flexibility index (Phi) is 5.45. The largest absolute Gasteiger partial charge is 0.329 e. The zero-order valence-electron chi connectivity index (χ0n) is 16.1. The first-order chi connectivity index (χ1) is 14.5. The Hall–Kier alpha value is -3.71. The van der Waals surface area contributed by atoms with Crippen LogP contribution >= 0.6 is 11.8 Å². The lowest BCUT2D eigenvalue weighted by Crippen LogP contribution is -1.95. The molecule has 4 rings (SSSR count). The summed E-state index contributed by atoms with van der Waals surface area (Å²) in [5.41, 5.74) is 1.13. The van der Waals surface area contributed by atoms with Crippen LogP contribution in [0.4, 0.5) is 5.69 Å². The molecule has 6 nitrogen and oxygen atoms in total. The second kappa shape index (κ2) is 8.34. The lowest BCUT2D eigenvalue weighted by Gasteiger charge is -2.04. The van der Waals surface area contributed by atoms with Crippen molar-refractivity contribution in [1.82, 2.24) is 9.55 Å². The van der Waals surface area contributed by atoms with Gasteiger partial charge in [0.25, 0.3) is 5.69 Å². The number of aromatic nitrogens is 2. The first-order valence-electron chi connectivity index (χ1n) is 9.16. The Morgan fingerprint density at radius 2 is 1.90 bits per heavy atom. The fourth-order valence-electron chi connectivity index (χ4n) is 3.03. The number of aryl methyl sites for hydroxylation is 1. The highest BCUT2D eigenvalue weighted by Gasteiger charge is 2.17. The van der Waals surface area contributed by atoms with Crippen LogP contribution in [-0.4, -0.2) is 20.3 Å². The summed E-state index contributed by atoms with van der Waals surface area (Å²) in [4.78, 5) is 28.4. The van der Waals surface area contributed by atoms with E-state index in [1.807, 2.05) is 43.4 Å². The summed E-state index contributed by atoms with van der Waals surface area (Å²) < 4.78 is 1.80. The third kappa shape index (κ3) is 4.16. The number of nitro groups is 1. The topological polar surface area (TPSA) is 78.0 Å². The molecule has 3 aromatic carbocycles. The molecule has 0 saturated heterocycles. The molecule has 1 aromatic heterocycles. The second-order valence-electron chi connectivity index (χ2n) is 6.67. The maximum atomic E-state index is 12.6. The van der Waals surface area contributed by atoms with Gasteiger partial charge in [0, 0.05) is 31.1 Å². The summed E-state index contributed by atoms with van der Waals surface area (Å²) in [7, 11) is 1.83. The van der Waals surface area contributed by atoms with E-state index in [1.165, 1.54) is 23.9 Å². The van der Waals surface area contributed by atoms with E-state index < -0.39 is 4.92 Å². The number of carbonyl (C=O) groups is 1. The van der Waals surface area contributed by atoms with E-state index in [1.54, 1.807) is 41.2 Å². The van der Waals surface area contributed by atoms with Crippen LogP contribution in [0.1, 0.15) is 15.9 Å². The predicted octanol–water partition coefficient (Wildman–Crippen LogP) is 5.53. The standard InChI is InChI=1S/C23H17N3O3S/c1-25-13-12-24-23(25)30-22-11-7-16(14-20(22)26(28)29)6-10-21(27)19-9-8-17-4-2-3-5-18(17)15-19/h2-15H,1H3/b10-6+. The van der Waals surface area contributed by atoms with Crippen LogP contribution in [0.5, 0.6) is 0 Å². The maximum absolute atomic E-state index is 12.6. The van der Waals surface area contributed by atoms with Gasteiger partial charge < -0.3 is 4.57 Å². The van der Waals surface area contributed by atoms with Crippen LogP contribution in [0.25, 0.3) is 16.8 Å². The molecule has 0 fully saturated rings. The smallest absolute Gasteiger partial charge is 0.283 e. The van der Waals surface area contributed by atoms with Gasteiger partial charge in [0.1, 0.15) is 0 Å². The zero-order chi connectivity index (χ0) is 21.1. The number of allylic oxidation sites excluding steroid dienone is 1. The summed E-state index contributed by atoms with van der Waals surface area (Å²) in [6, 6.07) is 18.3. The van der Waals surface area contributed by atoms with E-state index >= 15 is 0 Å². The van der Waals surface area contributed by atoms with E-state index in [4.69, 9.17) is 0 Å². The van der Waals surface area contributed by atoms with Crippen molar-refractivity contribution < 1.29 is 9.72 Å². The molecular weight excluding hydrogens is 398 g/mol. The molecule has 0 aliphatic carbocycles. The lowest BCUT2D eigenvalue weighted by molar-refractivity contribution is -0.387. The molecule has 0 N–H and O–H groups in total. The fourth-order valence-corrected chi connectivity index (χ4v) is 3.92. The van der Waals surface area contributed by atoms with E-state index in [0.717, 1.165) is 10.8 Å². The van der Waals surface area contributed by atoms with Gasteiger partial charge in [-0.05, 0) is 46.3 Å². The van der Waals surface area contributed by atoms with Gasteiger partial charge in [-0.3, -0.25) is 14.9 Å². The van der Waals surface area contributed by atoms with Gasteiger partial charge in [-0.25, -0.2) is 4.98 Å². The summed E-state index contributed by atoms with van der Waals surface area (Å²) in [6.45, 7) is 0. The maximum Gasteiger partial charge on any atom is 0.283 e. The van der Waals surface area contributed by atoms with Crippen molar-refractivity contribution in [2.45, 2.75) is 10.1 Å². The van der Waals surface area contributed by atoms with E-state index in [9.17, 15) is 14.9 Å². The number of rotatable bonds is 6. The number of fused-ring (bicyclic) bond motifs is 1. The lowest BCUT2D eigenvalue weighted by atomic mass is 10.0. The molecule has 1 heterocycles. The zero-order valence-corrected chi connectivity index (χ0v) is 16.9. The average Bonchev–Trinajstić information content (AvgIpc) is 3.16. The van der Waals surface area contributed by atoms with Crippen molar-refractivity contribution in [1.29, 1.82) is 0 Å². The minimum absolute atomic E-state index is 0.0247. The molecule has 0 amide bonds. The molecule has 0 spiro atoms. The van der Waals surface area contributed by atoms with Gasteiger partial charge in [-0.1, -0.05) is 48.5 Å². The molecule has 4 aromatic rings. The van der Waals surface area contributed by atoms with Crippen molar-refractivity contribution in [3.8, 4) is 0 Å². The number of ketones is 1. The Balaban J connectivity index is 1.58. The van der Waals surface area contributed by atoms with Crippen LogP contribution in [0.2, 0.25) is 0 Å². The summed E-state index contributed by atoms with van der Waals surface area (Å²) in [5, 5.41) is 14.3. The van der Waals surface area contributed by atoms with Crippen LogP contribution in [0.15, 0.2) is 89.2 Å². The highest BCUT2D eigenvalue weighted by molar-refractivity contribution is 7.99. The van der Waals surface area contributed by atoms with Gasteiger partial charge in [0.15, 0.2) is 10.9 Å². The number of carbonyl (C=O) groups excluding carboxylic acids is 1. The first-order valence-corrected chi connectivity index (χ1v) is 9.98. The Morgan fingerprint density at radius 3 is 2.63 bits per heavy atom. The highest BCUT2D eigenvalue weighted by Crippen LogP contribution is 2.34. The minimum Gasteiger partial charge on any atom is -0.329 e. The molecular formula is C23H17N3O3S. The highest BCUT2D eigenvalue weighted by atomic mass is 32.2. The number of benzene rings is 3. The Labute approximate surface area is 177 Å². The fraction of sp³-hybridized carbons (Fsp3) is 0.0435. The van der Waals surface area contributed by atoms with E-state index in [2.05, 4.69) is 4.98 Å². The van der Waals surface area contributed by atoms with Gasteiger partial charge in [0.05, 0.1) is 9.82 Å². The molecule has 0 radical (unpaired) electrons. The van der Waals surface area contributed by atoms with Gasteiger partial charge >= 0.3 is 0 Å². The summed E-state index contributed by atoms with van der Waals surface area (Å²) in [6.07, 6.45) is 6.46. The SMILES string of the molecule is Cn1ccnc1Sc1ccc(/C=C/C(=O)c2ccc3ccccc3c2)cc1[N+](=O)[O-]. The quantitative estimate of drug-likeness (QED) is 0.179. The molecule has 0 bridgehead atoms. The van der Waals surface area contributed by atoms with Crippen LogP contribution in [-0.2, 0) is 7.05 Å². The van der Waals surface area contributed by atoms with Crippen molar-refractivity contribution in [3.63, 3.8) is 0 Å². The molecule has 0 aliphatic heterocycles. The number of imidazole rings is 1. The number of nitro benzene ring substituents is 1. The minimum atomic E-state index is -0.423. The van der Waals surface area contributed by atoms with Gasteiger partial charge in [0.2, 0.25) is 0 Å². The number of hydrogen-bond donors (Lipinski definition) is 0. The Morgan fingerprint density at radius 1 is 1.10 bits per heavy atom. The van der Waals surface area contributed by atoms with Crippen LogP contribution < -0.4 is 0 Å². The molecule has 0 saturated carbocycles. The van der Waals surface area contributed by atoms with E-state index in [-0.39, 0.29) is 11.5 Å². The molecule has 0 aliphatic rings. The number of hydrogen-bond acceptors (Lipinski definition) is 5. The Bertz CT molecular complexity index is 1290. The molecule has 0 unspecified atom stereocenters. The van der Waals surface area contributed by atoms with Crippen LogP contribution in [0.3, 0.4) is 0 Å². The van der Waals surface area contributed by atoms with Crippen molar-refractivity contribution in [2.24, 2.45) is 7.05 Å². The monoisotopic (exact) mass is 415 g/mol. The van der Waals surface area contributed by atoms with Crippen LogP contribution in [0, 0.1) is 10.1 Å². The third-order valence-corrected chi connectivity index (χ3v) is 5.76.